The standard InChI is InChI=1S/C15H21ClFNO2S/c1-18-15(12-7-4-8-13(16)14(12)17)10-5-3-6-11(9-10)21(2,19)20/h4,7-8,10-11,15,18H,3,5-6,9H2,1-2H3. The summed E-state index contributed by atoms with van der Waals surface area (Å²) in [6.07, 6.45) is 4.29. The third-order valence-electron chi connectivity index (χ3n) is 4.37. The quantitative estimate of drug-likeness (QED) is 0.919. The Kier molecular flexibility index (Phi) is 5.28. The summed E-state index contributed by atoms with van der Waals surface area (Å²) in [7, 11) is -1.28. The zero-order chi connectivity index (χ0) is 15.6. The fourth-order valence-corrected chi connectivity index (χ4v) is 4.65. The fraction of sp³-hybridized carbons (Fsp3) is 0.600. The van der Waals surface area contributed by atoms with Crippen molar-refractivity contribution in [3.63, 3.8) is 0 Å². The van der Waals surface area contributed by atoms with Crippen LogP contribution in [0.25, 0.3) is 0 Å². The van der Waals surface area contributed by atoms with Crippen molar-refractivity contribution >= 4 is 21.4 Å². The minimum Gasteiger partial charge on any atom is -0.313 e. The van der Waals surface area contributed by atoms with Crippen molar-refractivity contribution in [3.8, 4) is 0 Å². The average molecular weight is 334 g/mol. The molecule has 0 spiro atoms. The van der Waals surface area contributed by atoms with E-state index in [1.807, 2.05) is 0 Å². The highest BCUT2D eigenvalue weighted by molar-refractivity contribution is 7.91. The predicted octanol–water partition coefficient (Wildman–Crippen LogP) is 3.34. The van der Waals surface area contributed by atoms with Crippen LogP contribution in [0.15, 0.2) is 18.2 Å². The van der Waals surface area contributed by atoms with Crippen molar-refractivity contribution < 1.29 is 12.8 Å². The molecule has 6 heteroatoms. The number of sulfone groups is 1. The SMILES string of the molecule is CNC(c1cccc(Cl)c1F)C1CCCC(S(C)(=O)=O)C1. The zero-order valence-corrected chi connectivity index (χ0v) is 13.8. The lowest BCUT2D eigenvalue weighted by Crippen LogP contribution is -2.34. The fourth-order valence-electron chi connectivity index (χ4n) is 3.28. The first kappa shape index (κ1) is 16.7. The molecule has 0 aliphatic heterocycles. The Morgan fingerprint density at radius 2 is 2.10 bits per heavy atom. The van der Waals surface area contributed by atoms with E-state index in [1.54, 1.807) is 19.2 Å². The van der Waals surface area contributed by atoms with Gasteiger partial charge in [0.2, 0.25) is 0 Å². The molecule has 1 aromatic rings. The molecular formula is C15H21ClFNO2S. The molecule has 0 radical (unpaired) electrons. The number of benzene rings is 1. The highest BCUT2D eigenvalue weighted by atomic mass is 35.5. The molecule has 1 aliphatic rings. The van der Waals surface area contributed by atoms with Crippen molar-refractivity contribution in [2.24, 2.45) is 5.92 Å². The van der Waals surface area contributed by atoms with E-state index in [2.05, 4.69) is 5.32 Å². The zero-order valence-electron chi connectivity index (χ0n) is 12.3. The number of hydrogen-bond acceptors (Lipinski definition) is 3. The first-order chi connectivity index (χ1) is 9.84. The summed E-state index contributed by atoms with van der Waals surface area (Å²) in [5.74, 6) is -0.323. The first-order valence-electron chi connectivity index (χ1n) is 7.14. The molecular weight excluding hydrogens is 313 g/mol. The Bertz CT molecular complexity index is 606. The van der Waals surface area contributed by atoms with Gasteiger partial charge in [-0.15, -0.1) is 0 Å². The van der Waals surface area contributed by atoms with Gasteiger partial charge in [0, 0.05) is 17.9 Å². The van der Waals surface area contributed by atoms with Crippen LogP contribution in [0.2, 0.25) is 5.02 Å². The lowest BCUT2D eigenvalue weighted by atomic mass is 9.80. The van der Waals surface area contributed by atoms with Gasteiger partial charge in [-0.2, -0.15) is 0 Å². The molecule has 1 aromatic carbocycles. The summed E-state index contributed by atoms with van der Waals surface area (Å²) < 4.78 is 37.8. The molecule has 1 aliphatic carbocycles. The van der Waals surface area contributed by atoms with E-state index in [1.165, 1.54) is 12.3 Å². The van der Waals surface area contributed by atoms with E-state index < -0.39 is 15.7 Å². The van der Waals surface area contributed by atoms with Crippen LogP contribution in [0.5, 0.6) is 0 Å². The van der Waals surface area contributed by atoms with Gasteiger partial charge < -0.3 is 5.32 Å². The van der Waals surface area contributed by atoms with Gasteiger partial charge in [0.1, 0.15) is 15.7 Å². The molecule has 0 bridgehead atoms. The molecule has 0 heterocycles. The largest absolute Gasteiger partial charge is 0.313 e. The van der Waals surface area contributed by atoms with Gasteiger partial charge in [0.05, 0.1) is 10.3 Å². The monoisotopic (exact) mass is 333 g/mol. The Hall–Kier alpha value is -0.650. The van der Waals surface area contributed by atoms with Gasteiger partial charge in [-0.25, -0.2) is 12.8 Å². The number of halogens is 2. The maximum absolute atomic E-state index is 14.2. The van der Waals surface area contributed by atoms with Crippen LogP contribution in [0.3, 0.4) is 0 Å². The summed E-state index contributed by atoms with van der Waals surface area (Å²) >= 11 is 5.86. The maximum Gasteiger partial charge on any atom is 0.150 e. The topological polar surface area (TPSA) is 46.2 Å². The van der Waals surface area contributed by atoms with Crippen LogP contribution in [0.1, 0.15) is 37.3 Å². The Morgan fingerprint density at radius 3 is 2.71 bits per heavy atom. The Labute approximate surface area is 130 Å². The van der Waals surface area contributed by atoms with E-state index in [0.29, 0.717) is 18.4 Å². The average Bonchev–Trinajstić information content (AvgIpc) is 2.44. The normalized spacial score (nSPS) is 24.8. The highest BCUT2D eigenvalue weighted by Gasteiger charge is 2.34. The van der Waals surface area contributed by atoms with Gasteiger partial charge >= 0.3 is 0 Å². The molecule has 3 unspecified atom stereocenters. The molecule has 1 fully saturated rings. The smallest absolute Gasteiger partial charge is 0.150 e. The number of nitrogens with one attached hydrogen (secondary N) is 1. The van der Waals surface area contributed by atoms with E-state index >= 15 is 0 Å². The molecule has 2 rings (SSSR count). The van der Waals surface area contributed by atoms with Crippen LogP contribution in [-0.4, -0.2) is 27.0 Å². The van der Waals surface area contributed by atoms with Gasteiger partial charge in [0.25, 0.3) is 0 Å². The van der Waals surface area contributed by atoms with Gasteiger partial charge in [-0.05, 0) is 38.3 Å². The molecule has 3 atom stereocenters. The van der Waals surface area contributed by atoms with Crippen LogP contribution in [-0.2, 0) is 9.84 Å². The lowest BCUT2D eigenvalue weighted by molar-refractivity contribution is 0.278. The second-order valence-corrected chi connectivity index (χ2v) is 8.52. The van der Waals surface area contributed by atoms with E-state index in [0.717, 1.165) is 12.8 Å². The molecule has 3 nitrogen and oxygen atoms in total. The second-order valence-electron chi connectivity index (χ2n) is 5.79. The van der Waals surface area contributed by atoms with Crippen molar-refractivity contribution in [1.29, 1.82) is 0 Å². The van der Waals surface area contributed by atoms with E-state index in [9.17, 15) is 12.8 Å². The summed E-state index contributed by atoms with van der Waals surface area (Å²) in [6, 6.07) is 4.75. The Morgan fingerprint density at radius 1 is 1.38 bits per heavy atom. The lowest BCUT2D eigenvalue weighted by Gasteiger charge is -2.34. The van der Waals surface area contributed by atoms with Crippen molar-refractivity contribution in [1.82, 2.24) is 5.32 Å². The van der Waals surface area contributed by atoms with Crippen LogP contribution >= 0.6 is 11.6 Å². The van der Waals surface area contributed by atoms with Gasteiger partial charge in [0.15, 0.2) is 0 Å². The number of hydrogen-bond donors (Lipinski definition) is 1. The molecule has 1 N–H and O–H groups in total. The third-order valence-corrected chi connectivity index (χ3v) is 6.30. The summed E-state index contributed by atoms with van der Waals surface area (Å²) in [4.78, 5) is 0. The van der Waals surface area contributed by atoms with E-state index in [-0.39, 0.29) is 22.2 Å². The van der Waals surface area contributed by atoms with Gasteiger partial charge in [-0.1, -0.05) is 30.2 Å². The number of rotatable bonds is 4. The van der Waals surface area contributed by atoms with Crippen molar-refractivity contribution in [3.05, 3.63) is 34.6 Å². The van der Waals surface area contributed by atoms with Crippen LogP contribution < -0.4 is 5.32 Å². The summed E-state index contributed by atoms with van der Waals surface area (Å²) in [5.41, 5.74) is 0.518. The van der Waals surface area contributed by atoms with Gasteiger partial charge in [-0.3, -0.25) is 0 Å². The van der Waals surface area contributed by atoms with Crippen molar-refractivity contribution in [2.45, 2.75) is 37.0 Å². The second kappa shape index (κ2) is 6.63. The highest BCUT2D eigenvalue weighted by Crippen LogP contribution is 2.38. The van der Waals surface area contributed by atoms with Crippen LogP contribution in [0, 0.1) is 11.7 Å². The van der Waals surface area contributed by atoms with Crippen molar-refractivity contribution in [2.75, 3.05) is 13.3 Å². The molecule has 0 aromatic heterocycles. The Balaban J connectivity index is 2.27. The van der Waals surface area contributed by atoms with Crippen LogP contribution in [0.4, 0.5) is 4.39 Å². The molecule has 1 saturated carbocycles. The summed E-state index contributed by atoms with van der Waals surface area (Å²) in [5, 5.41) is 2.91. The first-order valence-corrected chi connectivity index (χ1v) is 9.48. The third kappa shape index (κ3) is 3.76. The molecule has 21 heavy (non-hydrogen) atoms. The maximum atomic E-state index is 14.2. The minimum atomic E-state index is -3.05. The van der Waals surface area contributed by atoms with E-state index in [4.69, 9.17) is 11.6 Å². The molecule has 0 amide bonds. The molecule has 0 saturated heterocycles. The predicted molar refractivity (Wildman–Crippen MR) is 83.8 cm³/mol. The minimum absolute atomic E-state index is 0.0939. The molecule has 118 valence electrons. The summed E-state index contributed by atoms with van der Waals surface area (Å²) in [6.45, 7) is 0.